The van der Waals surface area contributed by atoms with E-state index in [-0.39, 0.29) is 6.61 Å². The molecule has 17 heavy (non-hydrogen) atoms. The number of esters is 1. The van der Waals surface area contributed by atoms with E-state index in [1.807, 2.05) is 6.92 Å². The summed E-state index contributed by atoms with van der Waals surface area (Å²) in [5.41, 5.74) is 6.77. The third-order valence-electron chi connectivity index (χ3n) is 2.08. The van der Waals surface area contributed by atoms with Gasteiger partial charge in [-0.2, -0.15) is 0 Å². The lowest BCUT2D eigenvalue weighted by Crippen LogP contribution is -2.05. The fourth-order valence-electron chi connectivity index (χ4n) is 1.08. The molecule has 0 aliphatic carbocycles. The second-order valence-corrected chi connectivity index (χ2v) is 4.24. The first kappa shape index (κ1) is 13.9. The highest BCUT2D eigenvalue weighted by Crippen LogP contribution is 2.22. The van der Waals surface area contributed by atoms with Crippen LogP contribution in [0, 0.1) is 0 Å². The number of rotatable bonds is 4. The molecule has 1 aromatic carbocycles. The topological polar surface area (TPSA) is 52.3 Å². The van der Waals surface area contributed by atoms with Gasteiger partial charge in [0.05, 0.1) is 10.0 Å². The summed E-state index contributed by atoms with van der Waals surface area (Å²) in [5.74, 6) is -0.463. The predicted molar refractivity (Wildman–Crippen MR) is 68.8 cm³/mol. The largest absolute Gasteiger partial charge is 0.458 e. The van der Waals surface area contributed by atoms with Gasteiger partial charge in [0.15, 0.2) is 0 Å². The van der Waals surface area contributed by atoms with Crippen molar-refractivity contribution in [2.75, 3.05) is 0 Å². The Morgan fingerprint density at radius 2 is 2.12 bits per heavy atom. The molecular weight excluding hydrogens is 261 g/mol. The smallest absolute Gasteiger partial charge is 0.332 e. The third-order valence-corrected chi connectivity index (χ3v) is 2.82. The van der Waals surface area contributed by atoms with Crippen LogP contribution in [0.3, 0.4) is 0 Å². The molecule has 1 aromatic rings. The quantitative estimate of drug-likeness (QED) is 0.677. The maximum atomic E-state index is 11.3. The second-order valence-electron chi connectivity index (χ2n) is 3.43. The summed E-state index contributed by atoms with van der Waals surface area (Å²) in [5, 5.41) is 0.903. The van der Waals surface area contributed by atoms with E-state index < -0.39 is 5.97 Å². The van der Waals surface area contributed by atoms with Crippen molar-refractivity contribution in [2.45, 2.75) is 20.0 Å². The molecule has 0 spiro atoms. The molecule has 0 fully saturated rings. The van der Waals surface area contributed by atoms with E-state index in [9.17, 15) is 4.79 Å². The Kier molecular flexibility index (Phi) is 5.32. The van der Waals surface area contributed by atoms with E-state index >= 15 is 0 Å². The predicted octanol–water partition coefficient (Wildman–Crippen LogP) is 3.29. The lowest BCUT2D eigenvalue weighted by molar-refractivity contribution is -0.139. The summed E-state index contributed by atoms with van der Waals surface area (Å²) in [6.07, 6.45) is 1.89. The van der Waals surface area contributed by atoms with Crippen LogP contribution in [0.25, 0.3) is 0 Å². The number of carbonyl (C=O) groups is 1. The van der Waals surface area contributed by atoms with E-state index in [1.165, 1.54) is 6.08 Å². The molecule has 92 valence electrons. The van der Waals surface area contributed by atoms with Crippen molar-refractivity contribution in [3.05, 3.63) is 45.6 Å². The first-order valence-electron chi connectivity index (χ1n) is 5.09. The van der Waals surface area contributed by atoms with E-state index in [2.05, 4.69) is 0 Å². The lowest BCUT2D eigenvalue weighted by atomic mass is 10.2. The van der Waals surface area contributed by atoms with Crippen LogP contribution >= 0.6 is 23.2 Å². The summed E-state index contributed by atoms with van der Waals surface area (Å²) in [6, 6.07) is 5.06. The SMILES string of the molecule is CCC(N)=CC(=O)OCc1ccc(Cl)c(Cl)c1. The van der Waals surface area contributed by atoms with Crippen molar-refractivity contribution < 1.29 is 9.53 Å². The van der Waals surface area contributed by atoms with Gasteiger partial charge in [0.25, 0.3) is 0 Å². The highest BCUT2D eigenvalue weighted by Gasteiger charge is 2.03. The molecule has 0 atom stereocenters. The molecule has 0 amide bonds. The van der Waals surface area contributed by atoms with Crippen LogP contribution in [0.5, 0.6) is 0 Å². The maximum Gasteiger partial charge on any atom is 0.332 e. The van der Waals surface area contributed by atoms with Gasteiger partial charge in [-0.05, 0) is 24.1 Å². The molecule has 1 rings (SSSR count). The van der Waals surface area contributed by atoms with Crippen LogP contribution in [0.4, 0.5) is 0 Å². The minimum atomic E-state index is -0.463. The highest BCUT2D eigenvalue weighted by atomic mass is 35.5. The van der Waals surface area contributed by atoms with Gasteiger partial charge in [-0.15, -0.1) is 0 Å². The Balaban J connectivity index is 2.56. The van der Waals surface area contributed by atoms with E-state index in [0.29, 0.717) is 22.2 Å². The molecule has 0 aromatic heterocycles. The van der Waals surface area contributed by atoms with Crippen molar-refractivity contribution >= 4 is 29.2 Å². The van der Waals surface area contributed by atoms with E-state index in [0.717, 1.165) is 5.56 Å². The summed E-state index contributed by atoms with van der Waals surface area (Å²) in [4.78, 5) is 11.3. The Bertz CT molecular complexity index is 444. The molecular formula is C12H13Cl2NO2. The highest BCUT2D eigenvalue weighted by molar-refractivity contribution is 6.42. The maximum absolute atomic E-state index is 11.3. The number of carbonyl (C=O) groups excluding carboxylic acids is 1. The molecule has 0 aliphatic heterocycles. The van der Waals surface area contributed by atoms with E-state index in [4.69, 9.17) is 33.7 Å². The van der Waals surface area contributed by atoms with Crippen LogP contribution in [0.1, 0.15) is 18.9 Å². The summed E-state index contributed by atoms with van der Waals surface area (Å²) in [7, 11) is 0. The number of allylic oxidation sites excluding steroid dienone is 1. The minimum absolute atomic E-state index is 0.142. The zero-order valence-corrected chi connectivity index (χ0v) is 10.9. The van der Waals surface area contributed by atoms with Crippen LogP contribution in [-0.4, -0.2) is 5.97 Å². The zero-order valence-electron chi connectivity index (χ0n) is 9.37. The number of ether oxygens (including phenoxy) is 1. The number of halogens is 2. The van der Waals surface area contributed by atoms with Crippen molar-refractivity contribution in [3.8, 4) is 0 Å². The van der Waals surface area contributed by atoms with Crippen molar-refractivity contribution in [1.29, 1.82) is 0 Å². The average molecular weight is 274 g/mol. The Labute approximate surface area is 110 Å². The van der Waals surface area contributed by atoms with Gasteiger partial charge in [0.2, 0.25) is 0 Å². The average Bonchev–Trinajstić information content (AvgIpc) is 2.30. The molecule has 0 heterocycles. The van der Waals surface area contributed by atoms with Gasteiger partial charge in [0.1, 0.15) is 6.61 Å². The fraction of sp³-hybridized carbons (Fsp3) is 0.250. The van der Waals surface area contributed by atoms with Gasteiger partial charge in [-0.25, -0.2) is 4.79 Å². The molecule has 0 saturated carbocycles. The van der Waals surface area contributed by atoms with Gasteiger partial charge in [0, 0.05) is 11.8 Å². The van der Waals surface area contributed by atoms with Gasteiger partial charge in [-0.3, -0.25) is 0 Å². The number of hydrogen-bond donors (Lipinski definition) is 1. The summed E-state index contributed by atoms with van der Waals surface area (Å²) >= 11 is 11.6. The Morgan fingerprint density at radius 1 is 1.41 bits per heavy atom. The summed E-state index contributed by atoms with van der Waals surface area (Å²) < 4.78 is 5.00. The van der Waals surface area contributed by atoms with E-state index in [1.54, 1.807) is 18.2 Å². The molecule has 0 unspecified atom stereocenters. The molecule has 0 bridgehead atoms. The fourth-order valence-corrected chi connectivity index (χ4v) is 1.40. The molecule has 2 N–H and O–H groups in total. The minimum Gasteiger partial charge on any atom is -0.458 e. The molecule has 0 radical (unpaired) electrons. The molecule has 3 nitrogen and oxygen atoms in total. The zero-order chi connectivity index (χ0) is 12.8. The van der Waals surface area contributed by atoms with Crippen molar-refractivity contribution in [1.82, 2.24) is 0 Å². The van der Waals surface area contributed by atoms with Crippen LogP contribution in [-0.2, 0) is 16.1 Å². The first-order chi connectivity index (χ1) is 8.02. The van der Waals surface area contributed by atoms with Crippen LogP contribution in [0.2, 0.25) is 10.0 Å². The monoisotopic (exact) mass is 273 g/mol. The van der Waals surface area contributed by atoms with Crippen molar-refractivity contribution in [3.63, 3.8) is 0 Å². The van der Waals surface area contributed by atoms with Gasteiger partial charge in [-0.1, -0.05) is 36.2 Å². The standard InChI is InChI=1S/C12H13Cl2NO2/c1-2-9(15)6-12(16)17-7-8-3-4-10(13)11(14)5-8/h3-6H,2,7,15H2,1H3. The molecule has 0 aliphatic rings. The third kappa shape index (κ3) is 4.67. The van der Waals surface area contributed by atoms with Gasteiger partial charge >= 0.3 is 5.97 Å². The number of nitrogens with two attached hydrogens (primary N) is 1. The second kappa shape index (κ2) is 6.52. The summed E-state index contributed by atoms with van der Waals surface area (Å²) in [6.45, 7) is 2.00. The van der Waals surface area contributed by atoms with Gasteiger partial charge < -0.3 is 10.5 Å². The number of hydrogen-bond acceptors (Lipinski definition) is 3. The van der Waals surface area contributed by atoms with Crippen LogP contribution < -0.4 is 5.73 Å². The molecule has 5 heteroatoms. The van der Waals surface area contributed by atoms with Crippen molar-refractivity contribution in [2.24, 2.45) is 5.73 Å². The Hall–Kier alpha value is -1.19. The van der Waals surface area contributed by atoms with Crippen LogP contribution in [0.15, 0.2) is 30.0 Å². The normalized spacial score (nSPS) is 11.4. The molecule has 0 saturated heterocycles. The number of benzene rings is 1. The lowest BCUT2D eigenvalue weighted by Gasteiger charge is -2.04. The first-order valence-corrected chi connectivity index (χ1v) is 5.85. The Morgan fingerprint density at radius 3 is 2.71 bits per heavy atom.